The van der Waals surface area contributed by atoms with Gasteiger partial charge in [0.05, 0.1) is 0 Å². The van der Waals surface area contributed by atoms with Gasteiger partial charge in [-0.1, -0.05) is 50.1 Å². The monoisotopic (exact) mass is 220 g/mol. The van der Waals surface area contributed by atoms with Gasteiger partial charge in [0.2, 0.25) is 0 Å². The highest BCUT2D eigenvalue weighted by molar-refractivity contribution is 5.14. The van der Waals surface area contributed by atoms with Gasteiger partial charge in [-0.15, -0.1) is 0 Å². The molecule has 2 nitrogen and oxygen atoms in total. The molecule has 0 aliphatic carbocycles. The van der Waals surface area contributed by atoms with E-state index in [0.29, 0.717) is 6.04 Å². The molecule has 1 unspecified atom stereocenters. The zero-order chi connectivity index (χ0) is 11.8. The van der Waals surface area contributed by atoms with Crippen LogP contribution in [0.15, 0.2) is 30.3 Å². The van der Waals surface area contributed by atoms with E-state index >= 15 is 0 Å². The van der Waals surface area contributed by atoms with Crippen LogP contribution in [0.5, 0.6) is 0 Å². The third kappa shape index (κ3) is 4.33. The summed E-state index contributed by atoms with van der Waals surface area (Å²) in [5, 5.41) is 0. The van der Waals surface area contributed by atoms with Gasteiger partial charge in [-0.3, -0.25) is 4.90 Å². The van der Waals surface area contributed by atoms with Crippen molar-refractivity contribution in [1.29, 1.82) is 0 Å². The van der Waals surface area contributed by atoms with Crippen molar-refractivity contribution < 1.29 is 0 Å². The smallest absolute Gasteiger partial charge is 0.0234 e. The van der Waals surface area contributed by atoms with Crippen LogP contribution >= 0.6 is 0 Å². The molecule has 0 saturated carbocycles. The van der Waals surface area contributed by atoms with Crippen molar-refractivity contribution >= 4 is 0 Å². The van der Waals surface area contributed by atoms with Crippen molar-refractivity contribution in [2.45, 2.75) is 38.8 Å². The van der Waals surface area contributed by atoms with Crippen molar-refractivity contribution in [1.82, 2.24) is 4.90 Å². The number of likely N-dealkylation sites (N-methyl/N-ethyl adjacent to an activating group) is 1. The topological polar surface area (TPSA) is 29.3 Å². The molecule has 0 radical (unpaired) electrons. The Morgan fingerprint density at radius 2 is 1.94 bits per heavy atom. The highest BCUT2D eigenvalue weighted by Crippen LogP contribution is 2.10. The summed E-state index contributed by atoms with van der Waals surface area (Å²) >= 11 is 0. The maximum atomic E-state index is 5.83. The Morgan fingerprint density at radius 1 is 1.25 bits per heavy atom. The van der Waals surface area contributed by atoms with E-state index in [-0.39, 0.29) is 0 Å². The van der Waals surface area contributed by atoms with Crippen molar-refractivity contribution in [3.8, 4) is 0 Å². The second kappa shape index (κ2) is 7.42. The molecule has 1 atom stereocenters. The first kappa shape index (κ1) is 13.2. The lowest BCUT2D eigenvalue weighted by Crippen LogP contribution is -2.37. The third-order valence-corrected chi connectivity index (χ3v) is 3.06. The predicted octanol–water partition coefficient (Wildman–Crippen LogP) is 2.64. The zero-order valence-corrected chi connectivity index (χ0v) is 10.5. The van der Waals surface area contributed by atoms with Gasteiger partial charge in [0, 0.05) is 19.1 Å². The van der Waals surface area contributed by atoms with Crippen molar-refractivity contribution in [3.63, 3.8) is 0 Å². The van der Waals surface area contributed by atoms with Crippen molar-refractivity contribution in [2.75, 3.05) is 13.6 Å². The van der Waals surface area contributed by atoms with Crippen LogP contribution in [-0.2, 0) is 6.54 Å². The molecule has 0 aromatic heterocycles. The van der Waals surface area contributed by atoms with E-state index in [1.165, 1.54) is 24.8 Å². The molecule has 1 aromatic carbocycles. The summed E-state index contributed by atoms with van der Waals surface area (Å²) in [6, 6.07) is 11.1. The molecule has 1 aromatic rings. The molecule has 1 rings (SSSR count). The first-order chi connectivity index (χ1) is 7.77. The first-order valence-electron chi connectivity index (χ1n) is 6.22. The fourth-order valence-corrected chi connectivity index (χ4v) is 1.96. The summed E-state index contributed by atoms with van der Waals surface area (Å²) < 4.78 is 0. The predicted molar refractivity (Wildman–Crippen MR) is 70.3 cm³/mol. The SMILES string of the molecule is CCCCC(CN)N(C)Cc1ccccc1. The molecule has 0 spiro atoms. The molecule has 0 heterocycles. The Morgan fingerprint density at radius 3 is 2.50 bits per heavy atom. The molecule has 90 valence electrons. The summed E-state index contributed by atoms with van der Waals surface area (Å²) in [6.07, 6.45) is 3.72. The van der Waals surface area contributed by atoms with Crippen LogP contribution < -0.4 is 5.73 Å². The summed E-state index contributed by atoms with van der Waals surface area (Å²) in [5.74, 6) is 0. The normalized spacial score (nSPS) is 13.0. The minimum Gasteiger partial charge on any atom is -0.329 e. The van der Waals surface area contributed by atoms with E-state index in [2.05, 4.69) is 49.2 Å². The van der Waals surface area contributed by atoms with Crippen LogP contribution in [0.25, 0.3) is 0 Å². The largest absolute Gasteiger partial charge is 0.329 e. The molecule has 0 aliphatic rings. The Kier molecular flexibility index (Phi) is 6.12. The average molecular weight is 220 g/mol. The fourth-order valence-electron chi connectivity index (χ4n) is 1.96. The molecular weight excluding hydrogens is 196 g/mol. The number of rotatable bonds is 7. The van der Waals surface area contributed by atoms with Crippen LogP contribution in [0.2, 0.25) is 0 Å². The second-order valence-corrected chi connectivity index (χ2v) is 4.43. The van der Waals surface area contributed by atoms with Gasteiger partial charge in [-0.25, -0.2) is 0 Å². The van der Waals surface area contributed by atoms with Crippen LogP contribution in [0.4, 0.5) is 0 Å². The van der Waals surface area contributed by atoms with Crippen LogP contribution in [-0.4, -0.2) is 24.5 Å². The van der Waals surface area contributed by atoms with E-state index in [1.54, 1.807) is 0 Å². The standard InChI is InChI=1S/C14H24N2/c1-3-4-10-14(11-15)16(2)12-13-8-6-5-7-9-13/h5-9,14H,3-4,10-12,15H2,1-2H3. The minimum absolute atomic E-state index is 0.514. The molecule has 0 amide bonds. The first-order valence-corrected chi connectivity index (χ1v) is 6.22. The Hall–Kier alpha value is -0.860. The van der Waals surface area contributed by atoms with E-state index in [4.69, 9.17) is 5.73 Å². The van der Waals surface area contributed by atoms with Gasteiger partial charge in [0.25, 0.3) is 0 Å². The van der Waals surface area contributed by atoms with Gasteiger partial charge < -0.3 is 5.73 Å². The Labute approximate surface area is 99.5 Å². The highest BCUT2D eigenvalue weighted by Gasteiger charge is 2.12. The molecule has 2 N–H and O–H groups in total. The molecule has 0 saturated heterocycles. The van der Waals surface area contributed by atoms with E-state index < -0.39 is 0 Å². The lowest BCUT2D eigenvalue weighted by molar-refractivity contribution is 0.223. The second-order valence-electron chi connectivity index (χ2n) is 4.43. The van der Waals surface area contributed by atoms with E-state index in [9.17, 15) is 0 Å². The summed E-state index contributed by atoms with van der Waals surface area (Å²) in [6.45, 7) is 3.97. The van der Waals surface area contributed by atoms with Crippen molar-refractivity contribution in [3.05, 3.63) is 35.9 Å². The van der Waals surface area contributed by atoms with Gasteiger partial charge >= 0.3 is 0 Å². The summed E-state index contributed by atoms with van der Waals surface area (Å²) in [7, 11) is 2.17. The van der Waals surface area contributed by atoms with E-state index in [0.717, 1.165) is 13.1 Å². The van der Waals surface area contributed by atoms with Gasteiger partial charge in [0.1, 0.15) is 0 Å². The molecular formula is C14H24N2. The zero-order valence-electron chi connectivity index (χ0n) is 10.5. The Balaban J connectivity index is 2.46. The molecule has 16 heavy (non-hydrogen) atoms. The molecule has 0 aliphatic heterocycles. The maximum absolute atomic E-state index is 5.83. The number of nitrogens with two attached hydrogens (primary N) is 1. The maximum Gasteiger partial charge on any atom is 0.0234 e. The number of nitrogens with zero attached hydrogens (tertiary/aromatic N) is 1. The lowest BCUT2D eigenvalue weighted by atomic mass is 10.1. The number of hydrogen-bond acceptors (Lipinski definition) is 2. The van der Waals surface area contributed by atoms with Crippen LogP contribution in [0.3, 0.4) is 0 Å². The van der Waals surface area contributed by atoms with Crippen LogP contribution in [0.1, 0.15) is 31.7 Å². The Bertz CT molecular complexity index is 271. The quantitative estimate of drug-likeness (QED) is 0.765. The molecule has 0 fully saturated rings. The lowest BCUT2D eigenvalue weighted by Gasteiger charge is -2.27. The van der Waals surface area contributed by atoms with Gasteiger partial charge in [-0.2, -0.15) is 0 Å². The third-order valence-electron chi connectivity index (χ3n) is 3.06. The van der Waals surface area contributed by atoms with E-state index in [1.807, 2.05) is 0 Å². The summed E-state index contributed by atoms with van der Waals surface area (Å²) in [4.78, 5) is 2.37. The molecule has 2 heteroatoms. The average Bonchev–Trinajstić information content (AvgIpc) is 2.31. The highest BCUT2D eigenvalue weighted by atomic mass is 15.1. The van der Waals surface area contributed by atoms with Crippen molar-refractivity contribution in [2.24, 2.45) is 5.73 Å². The minimum atomic E-state index is 0.514. The van der Waals surface area contributed by atoms with Gasteiger partial charge in [0.15, 0.2) is 0 Å². The number of unbranched alkanes of at least 4 members (excludes halogenated alkanes) is 1. The molecule has 0 bridgehead atoms. The number of benzene rings is 1. The van der Waals surface area contributed by atoms with Gasteiger partial charge in [-0.05, 0) is 19.0 Å². The van der Waals surface area contributed by atoms with Crippen LogP contribution in [0, 0.1) is 0 Å². The number of hydrogen-bond donors (Lipinski definition) is 1. The summed E-state index contributed by atoms with van der Waals surface area (Å²) in [5.41, 5.74) is 7.19. The fraction of sp³-hybridized carbons (Fsp3) is 0.571.